The molecule has 1 aliphatic carbocycles. The molecule has 0 unspecified atom stereocenters. The standard InChI is InChI=1S/C13H9N.C12H11NO.C9H8.C7H13N/c1-3-7-12-10(5-1)9-11-6-2-4-8-13(11)14-12;1-2-4-11-9(3-1)7-10-8-14-6-5-12(10)13-11;1-2-5-9-7-3-6-8(9)4-1;1-4-8-5-2-7(1)3-6-8/h1-9H;1-4,7H,5-6,8H2;1-6H,7H2;7H,1-6H2. The highest BCUT2D eigenvalue weighted by molar-refractivity contribution is 5.92. The smallest absolute Gasteiger partial charge is 0.0734 e. The second-order valence-corrected chi connectivity index (χ2v) is 12.3. The summed E-state index contributed by atoms with van der Waals surface area (Å²) in [6.07, 6.45) is 10.9. The van der Waals surface area contributed by atoms with Gasteiger partial charge in [-0.2, -0.15) is 0 Å². The Kier molecular flexibility index (Phi) is 9.23. The molecule has 0 atom stereocenters. The zero-order valence-corrected chi connectivity index (χ0v) is 25.9. The summed E-state index contributed by atoms with van der Waals surface area (Å²) in [6.45, 7) is 5.70. The Morgan fingerprint density at radius 1 is 0.600 bits per heavy atom. The van der Waals surface area contributed by atoms with Crippen molar-refractivity contribution in [2.75, 3.05) is 26.2 Å². The monoisotopic (exact) mass is 591 g/mol. The van der Waals surface area contributed by atoms with E-state index in [9.17, 15) is 0 Å². The molecule has 4 aliphatic heterocycles. The molecule has 11 rings (SSSR count). The molecule has 6 heterocycles. The number of ether oxygens (including phenoxy) is 1. The SMILES string of the molecule is C1=Cc2ccccc2C1.C1CN2CCC1CC2.c1ccc2nc3c(cc2c1)COCC3.c1ccc2nc3ccccc3cc2c1. The second kappa shape index (κ2) is 14.2. The van der Waals surface area contributed by atoms with Gasteiger partial charge in [-0.25, -0.2) is 4.98 Å². The van der Waals surface area contributed by atoms with Crippen molar-refractivity contribution in [2.24, 2.45) is 5.92 Å². The number of aromatic nitrogens is 2. The van der Waals surface area contributed by atoms with Crippen molar-refractivity contribution in [3.8, 4) is 0 Å². The van der Waals surface area contributed by atoms with E-state index in [0.29, 0.717) is 6.61 Å². The molecule has 0 amide bonds. The largest absolute Gasteiger partial charge is 0.376 e. The van der Waals surface area contributed by atoms with E-state index in [0.717, 1.165) is 41.9 Å². The third-order valence-electron chi connectivity index (χ3n) is 9.31. The molecule has 5 aliphatic rings. The lowest BCUT2D eigenvalue weighted by Gasteiger charge is -2.38. The molecule has 226 valence electrons. The number of rotatable bonds is 0. The fraction of sp³-hybridized carbons (Fsp3) is 0.268. The van der Waals surface area contributed by atoms with Crippen LogP contribution in [-0.4, -0.2) is 41.1 Å². The predicted octanol–water partition coefficient (Wildman–Crippen LogP) is 9.05. The summed E-state index contributed by atoms with van der Waals surface area (Å²) in [5, 5.41) is 3.61. The van der Waals surface area contributed by atoms with E-state index in [1.54, 1.807) is 0 Å². The molecule has 0 radical (unpaired) electrons. The number of piperidine rings is 3. The van der Waals surface area contributed by atoms with Crippen LogP contribution >= 0.6 is 0 Å². The Bertz CT molecular complexity index is 1750. The van der Waals surface area contributed by atoms with Gasteiger partial charge < -0.3 is 9.64 Å². The lowest BCUT2D eigenvalue weighted by atomic mass is 9.89. The van der Waals surface area contributed by atoms with E-state index < -0.39 is 0 Å². The molecule has 0 saturated carbocycles. The number of hydrogen-bond acceptors (Lipinski definition) is 4. The average molecular weight is 592 g/mol. The highest BCUT2D eigenvalue weighted by Gasteiger charge is 2.24. The van der Waals surface area contributed by atoms with Crippen LogP contribution in [0, 0.1) is 5.92 Å². The van der Waals surface area contributed by atoms with Gasteiger partial charge in [0.05, 0.1) is 29.8 Å². The fourth-order valence-electron chi connectivity index (χ4n) is 6.67. The highest BCUT2D eigenvalue weighted by Crippen LogP contribution is 2.26. The summed E-state index contributed by atoms with van der Waals surface area (Å²) in [4.78, 5) is 11.8. The summed E-state index contributed by atoms with van der Waals surface area (Å²) >= 11 is 0. The number of benzene rings is 4. The van der Waals surface area contributed by atoms with Crippen LogP contribution < -0.4 is 0 Å². The minimum Gasteiger partial charge on any atom is -0.376 e. The van der Waals surface area contributed by atoms with Crippen LogP contribution in [-0.2, 0) is 24.2 Å². The van der Waals surface area contributed by atoms with E-state index >= 15 is 0 Å². The normalized spacial score (nSPS) is 18.9. The van der Waals surface area contributed by atoms with Crippen LogP contribution in [0.1, 0.15) is 41.6 Å². The van der Waals surface area contributed by atoms with E-state index in [1.807, 2.05) is 48.5 Å². The van der Waals surface area contributed by atoms with E-state index in [4.69, 9.17) is 4.74 Å². The first-order valence-electron chi connectivity index (χ1n) is 16.5. The molecule has 3 fully saturated rings. The number of nitrogens with zero attached hydrogens (tertiary/aromatic N) is 3. The van der Waals surface area contributed by atoms with Crippen molar-refractivity contribution in [3.05, 3.63) is 138 Å². The topological polar surface area (TPSA) is 38.2 Å². The van der Waals surface area contributed by atoms with Crippen LogP contribution in [0.3, 0.4) is 0 Å². The summed E-state index contributed by atoms with van der Waals surface area (Å²) < 4.78 is 5.40. The summed E-state index contributed by atoms with van der Waals surface area (Å²) in [5.41, 5.74) is 8.51. The van der Waals surface area contributed by atoms with Crippen LogP contribution in [0.15, 0.2) is 115 Å². The van der Waals surface area contributed by atoms with Crippen molar-refractivity contribution >= 4 is 38.8 Å². The molecule has 4 aromatic carbocycles. The molecule has 3 saturated heterocycles. The molecule has 4 heteroatoms. The van der Waals surface area contributed by atoms with Gasteiger partial charge in [0, 0.05) is 28.3 Å². The number of fused-ring (bicyclic) bond motifs is 8. The van der Waals surface area contributed by atoms with Crippen LogP contribution in [0.25, 0.3) is 38.8 Å². The number of hydrogen-bond donors (Lipinski definition) is 0. The molecule has 2 aromatic heterocycles. The van der Waals surface area contributed by atoms with E-state index in [-0.39, 0.29) is 0 Å². The van der Waals surface area contributed by atoms with Crippen molar-refractivity contribution in [1.29, 1.82) is 0 Å². The third kappa shape index (κ3) is 7.30. The predicted molar refractivity (Wildman–Crippen MR) is 187 cm³/mol. The quantitative estimate of drug-likeness (QED) is 0.165. The average Bonchev–Trinajstić information content (AvgIpc) is 3.61. The molecule has 6 aromatic rings. The van der Waals surface area contributed by atoms with Crippen molar-refractivity contribution in [2.45, 2.75) is 38.7 Å². The Balaban J connectivity index is 0.0000000990. The van der Waals surface area contributed by atoms with Crippen LogP contribution in [0.2, 0.25) is 0 Å². The minimum atomic E-state index is 0.715. The maximum absolute atomic E-state index is 5.40. The summed E-state index contributed by atoms with van der Waals surface area (Å²) in [5.74, 6) is 1.11. The first-order chi connectivity index (χ1) is 22.3. The Morgan fingerprint density at radius 2 is 1.18 bits per heavy atom. The first kappa shape index (κ1) is 29.3. The minimum absolute atomic E-state index is 0.715. The molecule has 45 heavy (non-hydrogen) atoms. The molecule has 2 bridgehead atoms. The third-order valence-corrected chi connectivity index (χ3v) is 9.31. The number of para-hydroxylation sites is 3. The Labute approximate surface area is 266 Å². The fourth-order valence-corrected chi connectivity index (χ4v) is 6.67. The summed E-state index contributed by atoms with van der Waals surface area (Å²) in [7, 11) is 0. The molecule has 4 nitrogen and oxygen atoms in total. The lowest BCUT2D eigenvalue weighted by molar-refractivity contribution is 0.109. The maximum Gasteiger partial charge on any atom is 0.0734 e. The zero-order chi connectivity index (χ0) is 30.3. The first-order valence-corrected chi connectivity index (χ1v) is 16.5. The second-order valence-electron chi connectivity index (χ2n) is 12.3. The van der Waals surface area contributed by atoms with Gasteiger partial charge in [-0.05, 0) is 98.3 Å². The molecule has 0 N–H and O–H groups in total. The van der Waals surface area contributed by atoms with Gasteiger partial charge in [0.2, 0.25) is 0 Å². The van der Waals surface area contributed by atoms with Crippen molar-refractivity contribution < 1.29 is 4.74 Å². The van der Waals surface area contributed by atoms with Crippen molar-refractivity contribution in [1.82, 2.24) is 14.9 Å². The van der Waals surface area contributed by atoms with Gasteiger partial charge in [-0.3, -0.25) is 4.98 Å². The van der Waals surface area contributed by atoms with Gasteiger partial charge in [0.1, 0.15) is 0 Å². The van der Waals surface area contributed by atoms with Gasteiger partial charge >= 0.3 is 0 Å². The van der Waals surface area contributed by atoms with Gasteiger partial charge in [0.15, 0.2) is 0 Å². The maximum atomic E-state index is 5.40. The van der Waals surface area contributed by atoms with E-state index in [2.05, 4.69) is 87.7 Å². The summed E-state index contributed by atoms with van der Waals surface area (Å²) in [6, 6.07) is 37.5. The number of pyridine rings is 2. The highest BCUT2D eigenvalue weighted by atomic mass is 16.5. The Morgan fingerprint density at radius 3 is 1.78 bits per heavy atom. The Hall–Kier alpha value is -4.38. The molecular weight excluding hydrogens is 550 g/mol. The van der Waals surface area contributed by atoms with Crippen molar-refractivity contribution in [3.63, 3.8) is 0 Å². The lowest BCUT2D eigenvalue weighted by Crippen LogP contribution is -2.41. The molecule has 0 spiro atoms. The van der Waals surface area contributed by atoms with E-state index in [1.165, 1.54) is 77.4 Å². The van der Waals surface area contributed by atoms with Gasteiger partial charge in [-0.1, -0.05) is 91.0 Å². The van der Waals surface area contributed by atoms with Crippen LogP contribution in [0.4, 0.5) is 0 Å². The zero-order valence-electron chi connectivity index (χ0n) is 25.9. The van der Waals surface area contributed by atoms with Gasteiger partial charge in [-0.15, -0.1) is 0 Å². The molecular formula is C41H41N3O. The number of allylic oxidation sites excluding steroid dienone is 1. The van der Waals surface area contributed by atoms with Crippen LogP contribution in [0.5, 0.6) is 0 Å². The van der Waals surface area contributed by atoms with Gasteiger partial charge in [0.25, 0.3) is 0 Å².